The molecule has 0 saturated heterocycles. The molecule has 4 rings (SSSR count). The van der Waals surface area contributed by atoms with Crippen molar-refractivity contribution >= 4 is 45.6 Å². The third-order valence-corrected chi connectivity index (χ3v) is 8.14. The molecule has 11 nitrogen and oxygen atoms in total. The molecule has 0 atom stereocenters. The van der Waals surface area contributed by atoms with E-state index in [-0.39, 0.29) is 4.90 Å². The molecular formula is C36H40N4O7S. The molecule has 0 fully saturated rings. The minimum Gasteiger partial charge on any atom is -0.444 e. The molecule has 0 bridgehead atoms. The summed E-state index contributed by atoms with van der Waals surface area (Å²) >= 11 is 0. The average molecular weight is 673 g/mol. The quantitative estimate of drug-likeness (QED) is 0.157. The van der Waals surface area contributed by atoms with Crippen LogP contribution in [-0.2, 0) is 30.8 Å². The van der Waals surface area contributed by atoms with Crippen LogP contribution in [0.3, 0.4) is 0 Å². The van der Waals surface area contributed by atoms with Gasteiger partial charge in [-0.05, 0) is 100 Å². The lowest BCUT2D eigenvalue weighted by Crippen LogP contribution is -2.32. The van der Waals surface area contributed by atoms with E-state index in [0.717, 1.165) is 20.7 Å². The van der Waals surface area contributed by atoms with Crippen molar-refractivity contribution in [1.29, 1.82) is 0 Å². The van der Waals surface area contributed by atoms with Gasteiger partial charge in [-0.15, -0.1) is 0 Å². The lowest BCUT2D eigenvalue weighted by atomic mass is 10.0. The summed E-state index contributed by atoms with van der Waals surface area (Å²) in [6, 6.07) is 22.3. The number of carbonyl (C=O) groups is 3. The van der Waals surface area contributed by atoms with Crippen molar-refractivity contribution in [2.75, 3.05) is 10.6 Å². The van der Waals surface area contributed by atoms with E-state index >= 15 is 0 Å². The summed E-state index contributed by atoms with van der Waals surface area (Å²) in [4.78, 5) is 36.9. The molecule has 0 aliphatic heterocycles. The molecule has 0 spiro atoms. The Kier molecular flexibility index (Phi) is 10.8. The first-order valence-corrected chi connectivity index (χ1v) is 16.6. The molecule has 0 aliphatic rings. The van der Waals surface area contributed by atoms with Crippen molar-refractivity contribution in [2.45, 2.75) is 64.2 Å². The van der Waals surface area contributed by atoms with Gasteiger partial charge in [0.1, 0.15) is 11.2 Å². The van der Waals surface area contributed by atoms with Crippen LogP contribution in [0.2, 0.25) is 0 Å². The first kappa shape index (κ1) is 35.5. The first-order valence-electron chi connectivity index (χ1n) is 15.2. The predicted molar refractivity (Wildman–Crippen MR) is 186 cm³/mol. The summed E-state index contributed by atoms with van der Waals surface area (Å²) < 4.78 is 38.3. The number of benzene rings is 3. The van der Waals surface area contributed by atoms with Crippen molar-refractivity contribution < 1.29 is 32.3 Å². The number of nitrogens with one attached hydrogen (secondary N) is 3. The Morgan fingerprint density at radius 2 is 1.27 bits per heavy atom. The maximum atomic E-state index is 13.3. The highest BCUT2D eigenvalue weighted by molar-refractivity contribution is 7.90. The lowest BCUT2D eigenvalue weighted by molar-refractivity contribution is -0.111. The van der Waals surface area contributed by atoms with E-state index < -0.39 is 39.3 Å². The fourth-order valence-corrected chi connectivity index (χ4v) is 5.55. The molecule has 4 aromatic rings. The van der Waals surface area contributed by atoms with Gasteiger partial charge in [-0.2, -0.15) is 0 Å². The number of hydrogen-bond acceptors (Lipinski definition) is 7. The second-order valence-corrected chi connectivity index (χ2v) is 14.7. The number of alkyl carbamates (subject to hydrolysis) is 1. The standard InChI is InChI=1S/C36H40N4O7S/c1-35(2,3)46-33(42)37-23-25-11-14-27(15-12-25)28-16-18-29(19-17-28)48(44,45)40-22-21-26(24-40)13-20-32(41)38-30-9-7-8-10-31(30)39-34(43)47-36(4,5)6/h7-22,24H,23H2,1-6H3,(H,37,42)(H,38,41)(H,39,43)/b20-13+. The van der Waals surface area contributed by atoms with Crippen LogP contribution >= 0.6 is 0 Å². The van der Waals surface area contributed by atoms with Gasteiger partial charge in [0.15, 0.2) is 0 Å². The summed E-state index contributed by atoms with van der Waals surface area (Å²) in [6.07, 6.45) is 4.43. The topological polar surface area (TPSA) is 145 Å². The van der Waals surface area contributed by atoms with Crippen molar-refractivity contribution in [1.82, 2.24) is 9.29 Å². The molecule has 1 aromatic heterocycles. The number of carbonyl (C=O) groups excluding carboxylic acids is 3. The molecule has 3 N–H and O–H groups in total. The normalized spacial score (nSPS) is 12.0. The van der Waals surface area contributed by atoms with Gasteiger partial charge < -0.3 is 20.1 Å². The lowest BCUT2D eigenvalue weighted by Gasteiger charge is -2.20. The molecule has 0 unspecified atom stereocenters. The second kappa shape index (κ2) is 14.6. The molecule has 0 radical (unpaired) electrons. The van der Waals surface area contributed by atoms with E-state index in [0.29, 0.717) is 23.5 Å². The monoisotopic (exact) mass is 672 g/mol. The number of anilines is 2. The van der Waals surface area contributed by atoms with Crippen LogP contribution in [0.5, 0.6) is 0 Å². The minimum absolute atomic E-state index is 0.0994. The van der Waals surface area contributed by atoms with Crippen LogP contribution in [0.4, 0.5) is 21.0 Å². The van der Waals surface area contributed by atoms with E-state index in [1.165, 1.54) is 36.7 Å². The minimum atomic E-state index is -3.89. The molecule has 1 heterocycles. The summed E-state index contributed by atoms with van der Waals surface area (Å²) in [5.74, 6) is -0.480. The second-order valence-electron chi connectivity index (χ2n) is 12.9. The SMILES string of the molecule is CC(C)(C)OC(=O)NCc1ccc(-c2ccc(S(=O)(=O)n3ccc(/C=C/C(=O)Nc4ccccc4NC(=O)OC(C)(C)C)c3)cc2)cc1. The Morgan fingerprint density at radius 3 is 1.85 bits per heavy atom. The van der Waals surface area contributed by atoms with Gasteiger partial charge in [-0.3, -0.25) is 10.1 Å². The largest absolute Gasteiger partial charge is 0.444 e. The molecule has 0 saturated carbocycles. The van der Waals surface area contributed by atoms with Crippen molar-refractivity contribution in [2.24, 2.45) is 0 Å². The molecule has 12 heteroatoms. The zero-order valence-electron chi connectivity index (χ0n) is 27.7. The van der Waals surface area contributed by atoms with E-state index in [2.05, 4.69) is 16.0 Å². The Morgan fingerprint density at radius 1 is 0.729 bits per heavy atom. The Labute approximate surface area is 281 Å². The molecule has 48 heavy (non-hydrogen) atoms. The number of rotatable bonds is 9. The Hall–Kier alpha value is -5.36. The van der Waals surface area contributed by atoms with Crippen LogP contribution in [0.25, 0.3) is 17.2 Å². The van der Waals surface area contributed by atoms with E-state index in [9.17, 15) is 22.8 Å². The molecule has 3 amide bonds. The van der Waals surface area contributed by atoms with Crippen LogP contribution in [-0.4, -0.2) is 41.7 Å². The smallest absolute Gasteiger partial charge is 0.412 e. The summed E-state index contributed by atoms with van der Waals surface area (Å²) in [7, 11) is -3.89. The highest BCUT2D eigenvalue weighted by atomic mass is 32.2. The molecular weight excluding hydrogens is 632 g/mol. The summed E-state index contributed by atoms with van der Waals surface area (Å²) in [5, 5.41) is 8.05. The predicted octanol–water partition coefficient (Wildman–Crippen LogP) is 7.42. The van der Waals surface area contributed by atoms with Gasteiger partial charge in [0.25, 0.3) is 10.0 Å². The third-order valence-electron chi connectivity index (χ3n) is 6.49. The number of aromatic nitrogens is 1. The number of hydrogen-bond donors (Lipinski definition) is 3. The zero-order valence-corrected chi connectivity index (χ0v) is 28.6. The number of amides is 3. The van der Waals surface area contributed by atoms with Crippen molar-refractivity contribution in [3.63, 3.8) is 0 Å². The van der Waals surface area contributed by atoms with E-state index in [1.807, 2.05) is 24.3 Å². The Bertz CT molecular complexity index is 1900. The van der Waals surface area contributed by atoms with Crippen LogP contribution in [0.15, 0.2) is 102 Å². The zero-order chi connectivity index (χ0) is 35.1. The number of nitrogens with zero attached hydrogens (tertiary/aromatic N) is 1. The van der Waals surface area contributed by atoms with Crippen LogP contribution < -0.4 is 16.0 Å². The van der Waals surface area contributed by atoms with Gasteiger partial charge in [-0.25, -0.2) is 22.0 Å². The molecule has 3 aromatic carbocycles. The van der Waals surface area contributed by atoms with E-state index in [4.69, 9.17) is 9.47 Å². The Balaban J connectivity index is 1.36. The average Bonchev–Trinajstić information content (AvgIpc) is 3.49. The van der Waals surface area contributed by atoms with Crippen LogP contribution in [0, 0.1) is 0 Å². The maximum Gasteiger partial charge on any atom is 0.412 e. The highest BCUT2D eigenvalue weighted by Crippen LogP contribution is 2.25. The fraction of sp³-hybridized carbons (Fsp3) is 0.250. The van der Waals surface area contributed by atoms with Gasteiger partial charge in [0, 0.05) is 25.0 Å². The van der Waals surface area contributed by atoms with Crippen molar-refractivity contribution in [3.8, 4) is 11.1 Å². The van der Waals surface area contributed by atoms with Crippen molar-refractivity contribution in [3.05, 3.63) is 108 Å². The molecule has 252 valence electrons. The third kappa shape index (κ3) is 10.3. The van der Waals surface area contributed by atoms with E-state index in [1.54, 1.807) is 84.0 Å². The fourth-order valence-electron chi connectivity index (χ4n) is 4.35. The maximum absolute atomic E-state index is 13.3. The van der Waals surface area contributed by atoms with Gasteiger partial charge >= 0.3 is 12.2 Å². The van der Waals surface area contributed by atoms with Gasteiger partial charge in [0.05, 0.1) is 16.3 Å². The summed E-state index contributed by atoms with van der Waals surface area (Å²) in [6.45, 7) is 11.0. The number of para-hydroxylation sites is 2. The van der Waals surface area contributed by atoms with Crippen LogP contribution in [0.1, 0.15) is 52.7 Å². The summed E-state index contributed by atoms with van der Waals surface area (Å²) in [5.41, 5.74) is 2.56. The first-order chi connectivity index (χ1) is 22.5. The highest BCUT2D eigenvalue weighted by Gasteiger charge is 2.19. The number of ether oxygens (including phenoxy) is 2. The van der Waals surface area contributed by atoms with Gasteiger partial charge in [0.2, 0.25) is 5.91 Å². The van der Waals surface area contributed by atoms with Gasteiger partial charge in [-0.1, -0.05) is 48.5 Å². The molecule has 0 aliphatic carbocycles.